The van der Waals surface area contributed by atoms with Crippen molar-refractivity contribution in [2.75, 3.05) is 13.7 Å². The van der Waals surface area contributed by atoms with Crippen LogP contribution in [0.5, 0.6) is 11.5 Å². The van der Waals surface area contributed by atoms with Crippen LogP contribution in [0.1, 0.15) is 44.7 Å². The predicted molar refractivity (Wildman–Crippen MR) is 78.1 cm³/mol. The fourth-order valence-corrected chi connectivity index (χ4v) is 2.71. The van der Waals surface area contributed by atoms with Crippen LogP contribution in [-0.2, 0) is 11.8 Å². The predicted octanol–water partition coefficient (Wildman–Crippen LogP) is 2.99. The van der Waals surface area contributed by atoms with E-state index in [9.17, 15) is 5.11 Å². The standard InChI is InChI=1S/C16H25NO2/c1-16(2,3)14-10-13(19-4)9-11(15(14)18)8-12-6-5-7-17-12/h9-10,12,17-18H,5-8H2,1-4H3. The van der Waals surface area contributed by atoms with Crippen LogP contribution in [0.3, 0.4) is 0 Å². The Morgan fingerprint density at radius 2 is 2.11 bits per heavy atom. The second-order valence-corrected chi connectivity index (χ2v) is 6.43. The van der Waals surface area contributed by atoms with Gasteiger partial charge in [-0.3, -0.25) is 0 Å². The highest BCUT2D eigenvalue weighted by atomic mass is 16.5. The van der Waals surface area contributed by atoms with Gasteiger partial charge in [0.05, 0.1) is 7.11 Å². The normalized spacial score (nSPS) is 19.7. The van der Waals surface area contributed by atoms with Crippen LogP contribution in [0.4, 0.5) is 0 Å². The van der Waals surface area contributed by atoms with Crippen molar-refractivity contribution in [1.82, 2.24) is 5.32 Å². The van der Waals surface area contributed by atoms with Gasteiger partial charge in [0.2, 0.25) is 0 Å². The van der Waals surface area contributed by atoms with Crippen LogP contribution in [-0.4, -0.2) is 24.8 Å². The molecule has 19 heavy (non-hydrogen) atoms. The molecule has 1 aromatic carbocycles. The summed E-state index contributed by atoms with van der Waals surface area (Å²) in [4.78, 5) is 0. The Hall–Kier alpha value is -1.22. The smallest absolute Gasteiger partial charge is 0.122 e. The zero-order chi connectivity index (χ0) is 14.0. The number of methoxy groups -OCH3 is 1. The van der Waals surface area contributed by atoms with E-state index in [-0.39, 0.29) is 5.41 Å². The summed E-state index contributed by atoms with van der Waals surface area (Å²) in [7, 11) is 1.68. The summed E-state index contributed by atoms with van der Waals surface area (Å²) in [5.74, 6) is 1.26. The molecular formula is C16H25NO2. The number of phenolic OH excluding ortho intramolecular Hbond substituents is 1. The van der Waals surface area contributed by atoms with Crippen LogP contribution >= 0.6 is 0 Å². The highest BCUT2D eigenvalue weighted by Crippen LogP contribution is 2.37. The van der Waals surface area contributed by atoms with Gasteiger partial charge in [-0.2, -0.15) is 0 Å². The minimum atomic E-state index is -0.0868. The van der Waals surface area contributed by atoms with Crippen LogP contribution in [0, 0.1) is 0 Å². The molecule has 1 aliphatic heterocycles. The molecule has 3 heteroatoms. The summed E-state index contributed by atoms with van der Waals surface area (Å²) >= 11 is 0. The molecule has 1 fully saturated rings. The molecule has 0 saturated carbocycles. The van der Waals surface area contributed by atoms with E-state index in [1.807, 2.05) is 12.1 Å². The first-order valence-electron chi connectivity index (χ1n) is 7.05. The van der Waals surface area contributed by atoms with Gasteiger partial charge in [0.1, 0.15) is 11.5 Å². The second kappa shape index (κ2) is 5.41. The molecule has 106 valence electrons. The molecule has 0 spiro atoms. The van der Waals surface area contributed by atoms with Crippen molar-refractivity contribution in [1.29, 1.82) is 0 Å². The molecule has 1 saturated heterocycles. The maximum atomic E-state index is 10.5. The number of ether oxygens (including phenoxy) is 1. The van der Waals surface area contributed by atoms with Gasteiger partial charge in [0.15, 0.2) is 0 Å². The third-order valence-electron chi connectivity index (χ3n) is 3.83. The Kier molecular flexibility index (Phi) is 4.04. The summed E-state index contributed by atoms with van der Waals surface area (Å²) < 4.78 is 5.38. The van der Waals surface area contributed by atoms with E-state index in [0.717, 1.165) is 29.8 Å². The Balaban J connectivity index is 2.35. The first-order chi connectivity index (χ1) is 8.91. The minimum Gasteiger partial charge on any atom is -0.507 e. The van der Waals surface area contributed by atoms with Gasteiger partial charge in [-0.1, -0.05) is 20.8 Å². The van der Waals surface area contributed by atoms with E-state index in [1.165, 1.54) is 12.8 Å². The zero-order valence-electron chi connectivity index (χ0n) is 12.4. The molecule has 0 aliphatic carbocycles. The number of hydrogen-bond acceptors (Lipinski definition) is 3. The third-order valence-corrected chi connectivity index (χ3v) is 3.83. The van der Waals surface area contributed by atoms with Gasteiger partial charge in [0, 0.05) is 11.6 Å². The third kappa shape index (κ3) is 3.21. The number of benzene rings is 1. The first kappa shape index (κ1) is 14.2. The van der Waals surface area contributed by atoms with E-state index in [1.54, 1.807) is 7.11 Å². The number of hydrogen-bond donors (Lipinski definition) is 2. The Bertz CT molecular complexity index is 443. The molecule has 1 aromatic rings. The van der Waals surface area contributed by atoms with Gasteiger partial charge in [-0.15, -0.1) is 0 Å². The van der Waals surface area contributed by atoms with E-state index < -0.39 is 0 Å². The summed E-state index contributed by atoms with van der Waals surface area (Å²) in [6, 6.07) is 4.39. The van der Waals surface area contributed by atoms with E-state index >= 15 is 0 Å². The van der Waals surface area contributed by atoms with Crippen LogP contribution < -0.4 is 10.1 Å². The van der Waals surface area contributed by atoms with Crippen molar-refractivity contribution >= 4 is 0 Å². The van der Waals surface area contributed by atoms with Crippen molar-refractivity contribution in [2.45, 2.75) is 51.5 Å². The van der Waals surface area contributed by atoms with Gasteiger partial charge in [-0.05, 0) is 48.9 Å². The fraction of sp³-hybridized carbons (Fsp3) is 0.625. The first-order valence-corrected chi connectivity index (χ1v) is 7.05. The van der Waals surface area contributed by atoms with Gasteiger partial charge in [0.25, 0.3) is 0 Å². The van der Waals surface area contributed by atoms with Gasteiger partial charge in [-0.25, -0.2) is 0 Å². The fourth-order valence-electron chi connectivity index (χ4n) is 2.71. The molecule has 1 heterocycles. The Morgan fingerprint density at radius 3 is 2.63 bits per heavy atom. The molecule has 1 unspecified atom stereocenters. The topological polar surface area (TPSA) is 41.5 Å². The zero-order valence-corrected chi connectivity index (χ0v) is 12.4. The molecule has 1 aliphatic rings. The number of rotatable bonds is 3. The number of nitrogens with one attached hydrogen (secondary N) is 1. The van der Waals surface area contributed by atoms with Crippen molar-refractivity contribution in [2.24, 2.45) is 0 Å². The molecule has 2 N–H and O–H groups in total. The lowest BCUT2D eigenvalue weighted by Crippen LogP contribution is -2.24. The molecule has 0 bridgehead atoms. The minimum absolute atomic E-state index is 0.0868. The molecule has 2 rings (SSSR count). The van der Waals surface area contributed by atoms with Gasteiger partial charge < -0.3 is 15.2 Å². The monoisotopic (exact) mass is 263 g/mol. The Morgan fingerprint density at radius 1 is 1.37 bits per heavy atom. The van der Waals surface area contributed by atoms with Crippen molar-refractivity contribution in [3.63, 3.8) is 0 Å². The average molecular weight is 263 g/mol. The largest absolute Gasteiger partial charge is 0.507 e. The van der Waals surface area contributed by atoms with Crippen molar-refractivity contribution < 1.29 is 9.84 Å². The molecule has 0 amide bonds. The van der Waals surface area contributed by atoms with Crippen LogP contribution in [0.2, 0.25) is 0 Å². The lowest BCUT2D eigenvalue weighted by Gasteiger charge is -2.24. The lowest BCUT2D eigenvalue weighted by atomic mass is 9.84. The maximum Gasteiger partial charge on any atom is 0.122 e. The van der Waals surface area contributed by atoms with Crippen LogP contribution in [0.15, 0.2) is 12.1 Å². The number of phenols is 1. The highest BCUT2D eigenvalue weighted by molar-refractivity contribution is 5.49. The van der Waals surface area contributed by atoms with E-state index in [2.05, 4.69) is 26.1 Å². The van der Waals surface area contributed by atoms with Crippen molar-refractivity contribution in [3.8, 4) is 11.5 Å². The Labute approximate surface area is 116 Å². The van der Waals surface area contributed by atoms with Crippen molar-refractivity contribution in [3.05, 3.63) is 23.3 Å². The molecule has 1 atom stereocenters. The van der Waals surface area contributed by atoms with Crippen LogP contribution in [0.25, 0.3) is 0 Å². The van der Waals surface area contributed by atoms with E-state index in [4.69, 9.17) is 4.74 Å². The average Bonchev–Trinajstić information content (AvgIpc) is 2.83. The quantitative estimate of drug-likeness (QED) is 0.881. The SMILES string of the molecule is COc1cc(CC2CCCN2)c(O)c(C(C)(C)C)c1. The summed E-state index contributed by atoms with van der Waals surface area (Å²) in [5, 5.41) is 14.0. The van der Waals surface area contributed by atoms with Gasteiger partial charge >= 0.3 is 0 Å². The number of aromatic hydroxyl groups is 1. The second-order valence-electron chi connectivity index (χ2n) is 6.43. The summed E-state index contributed by atoms with van der Waals surface area (Å²) in [6.07, 6.45) is 3.27. The molecular weight excluding hydrogens is 238 g/mol. The molecule has 0 radical (unpaired) electrons. The molecule has 3 nitrogen and oxygen atoms in total. The van der Waals surface area contributed by atoms with E-state index in [0.29, 0.717) is 11.8 Å². The highest BCUT2D eigenvalue weighted by Gasteiger charge is 2.23. The summed E-state index contributed by atoms with van der Waals surface area (Å²) in [6.45, 7) is 7.42. The summed E-state index contributed by atoms with van der Waals surface area (Å²) in [5.41, 5.74) is 1.86. The maximum absolute atomic E-state index is 10.5. The lowest BCUT2D eigenvalue weighted by molar-refractivity contribution is 0.401. The molecule has 0 aromatic heterocycles.